The summed E-state index contributed by atoms with van der Waals surface area (Å²) in [7, 11) is 0. The minimum absolute atomic E-state index is 0.170. The lowest BCUT2D eigenvalue weighted by Crippen LogP contribution is -2.61. The predicted octanol–water partition coefficient (Wildman–Crippen LogP) is 3.16. The van der Waals surface area contributed by atoms with Crippen molar-refractivity contribution in [3.8, 4) is 17.1 Å². The fourth-order valence-electron chi connectivity index (χ4n) is 4.28. The molecule has 1 aliphatic rings. The Balaban J connectivity index is 1.46. The van der Waals surface area contributed by atoms with Crippen LogP contribution in [0.5, 0.6) is 0 Å². The van der Waals surface area contributed by atoms with Crippen LogP contribution in [-0.2, 0) is 20.7 Å². The van der Waals surface area contributed by atoms with Crippen LogP contribution in [-0.4, -0.2) is 51.6 Å². The van der Waals surface area contributed by atoms with Crippen molar-refractivity contribution in [1.82, 2.24) is 20.1 Å². The summed E-state index contributed by atoms with van der Waals surface area (Å²) >= 11 is 6.03. The van der Waals surface area contributed by atoms with Gasteiger partial charge in [-0.1, -0.05) is 54.1 Å². The Morgan fingerprint density at radius 2 is 1.76 bits per heavy atom. The second-order valence-corrected chi connectivity index (χ2v) is 8.91. The summed E-state index contributed by atoms with van der Waals surface area (Å²) < 4.78 is 12.9. The minimum Gasteiger partial charge on any atom is -0.365 e. The first-order valence-corrected chi connectivity index (χ1v) is 12.0. The molecule has 1 aliphatic heterocycles. The Morgan fingerprint density at radius 1 is 1.03 bits per heavy atom. The van der Waals surface area contributed by atoms with Gasteiger partial charge in [0.25, 0.3) is 17.6 Å². The molecule has 1 unspecified atom stereocenters. The molecule has 1 atom stereocenters. The number of carbonyl (C=O) groups excluding carboxylic acids is 2. The second-order valence-electron chi connectivity index (χ2n) is 8.47. The molecule has 2 amide bonds. The van der Waals surface area contributed by atoms with E-state index in [0.717, 1.165) is 16.8 Å². The van der Waals surface area contributed by atoms with Crippen molar-refractivity contribution in [2.45, 2.75) is 18.2 Å². The number of ether oxygens (including phenoxy) is 2. The van der Waals surface area contributed by atoms with Crippen molar-refractivity contribution in [2.75, 3.05) is 13.2 Å². The third kappa shape index (κ3) is 5.10. The molecule has 0 bridgehead atoms. The molecule has 1 saturated heterocycles. The lowest BCUT2D eigenvalue weighted by Gasteiger charge is -2.33. The number of primary amides is 1. The van der Waals surface area contributed by atoms with Gasteiger partial charge in [0, 0.05) is 23.0 Å². The third-order valence-corrected chi connectivity index (χ3v) is 6.34. The molecule has 0 aliphatic carbocycles. The minimum atomic E-state index is -1.82. The Bertz CT molecular complexity index is 1400. The zero-order valence-electron chi connectivity index (χ0n) is 19.7. The number of rotatable bonds is 8. The number of nitrogens with zero attached hydrogens (tertiary/aromatic N) is 3. The number of hydrogen-bond donors (Lipinski definition) is 2. The van der Waals surface area contributed by atoms with Gasteiger partial charge in [0.2, 0.25) is 0 Å². The number of benzene rings is 2. The number of nitrogens with one attached hydrogen (secondary N) is 1. The predicted molar refractivity (Wildman–Crippen MR) is 137 cm³/mol. The Hall–Kier alpha value is -4.05. The molecule has 3 N–H and O–H groups in total. The van der Waals surface area contributed by atoms with Crippen molar-refractivity contribution >= 4 is 23.4 Å². The van der Waals surface area contributed by atoms with Crippen molar-refractivity contribution in [1.29, 1.82) is 0 Å². The molecule has 9 nitrogen and oxygen atoms in total. The van der Waals surface area contributed by atoms with Crippen molar-refractivity contribution in [3.05, 3.63) is 101 Å². The van der Waals surface area contributed by atoms with E-state index in [9.17, 15) is 9.59 Å². The fraction of sp³-hybridized carbons (Fsp3) is 0.185. The normalized spacial score (nSPS) is 15.3. The summed E-state index contributed by atoms with van der Waals surface area (Å²) in [5, 5.41) is 8.08. The van der Waals surface area contributed by atoms with E-state index in [-0.39, 0.29) is 25.2 Å². The Kier molecular flexibility index (Phi) is 7.00. The van der Waals surface area contributed by atoms with Crippen LogP contribution in [0.3, 0.4) is 0 Å². The highest BCUT2D eigenvalue weighted by atomic mass is 35.5. The van der Waals surface area contributed by atoms with Crippen molar-refractivity contribution in [2.24, 2.45) is 5.73 Å². The van der Waals surface area contributed by atoms with Gasteiger partial charge < -0.3 is 20.5 Å². The van der Waals surface area contributed by atoms with Crippen molar-refractivity contribution in [3.63, 3.8) is 0 Å². The van der Waals surface area contributed by atoms with Crippen LogP contribution in [0, 0.1) is 0 Å². The van der Waals surface area contributed by atoms with Gasteiger partial charge >= 0.3 is 0 Å². The Labute approximate surface area is 218 Å². The molecule has 4 aromatic rings. The zero-order chi connectivity index (χ0) is 25.8. The first kappa shape index (κ1) is 24.6. The van der Waals surface area contributed by atoms with Gasteiger partial charge in [-0.3, -0.25) is 9.59 Å². The second kappa shape index (κ2) is 10.5. The molecule has 0 spiro atoms. The van der Waals surface area contributed by atoms with E-state index >= 15 is 0 Å². The lowest BCUT2D eigenvalue weighted by atomic mass is 9.97. The van der Waals surface area contributed by atoms with E-state index in [0.29, 0.717) is 10.8 Å². The summed E-state index contributed by atoms with van der Waals surface area (Å²) in [6.45, 7) is 0.341. The summed E-state index contributed by atoms with van der Waals surface area (Å²) in [5.41, 5.74) is 8.45. The van der Waals surface area contributed by atoms with E-state index in [1.165, 1.54) is 4.68 Å². The van der Waals surface area contributed by atoms with Crippen LogP contribution in [0.1, 0.15) is 15.9 Å². The molecule has 188 valence electrons. The highest BCUT2D eigenvalue weighted by Gasteiger charge is 2.51. The molecule has 0 saturated carbocycles. The standard InChI is InChI=1S/C27H24ClN5O4/c28-20-10-8-18(9-11-20)17-23(27(26(29)35)36-15-16-37-27)31-25(34)21-7-4-13-30-24(21)33-14-12-22(32-33)19-5-2-1-3-6-19/h1-14,23H,15-17H2,(H2,29,35)(H,31,34). The van der Waals surface area contributed by atoms with E-state index in [2.05, 4.69) is 15.4 Å². The molecule has 2 aromatic heterocycles. The SMILES string of the molecule is NC(=O)C1(C(Cc2ccc(Cl)cc2)NC(=O)c2cccnc2-n2ccc(-c3ccccc3)n2)OCCO1. The topological polar surface area (TPSA) is 121 Å². The first-order chi connectivity index (χ1) is 18.0. The molecule has 10 heteroatoms. The summed E-state index contributed by atoms with van der Waals surface area (Å²) in [6.07, 6.45) is 3.53. The quantitative estimate of drug-likeness (QED) is 0.370. The molecular formula is C27H24ClN5O4. The van der Waals surface area contributed by atoms with Crippen LogP contribution in [0.15, 0.2) is 85.2 Å². The third-order valence-electron chi connectivity index (χ3n) is 6.08. The maximum absolute atomic E-state index is 13.6. The van der Waals surface area contributed by atoms with Gasteiger partial charge in [-0.25, -0.2) is 9.67 Å². The van der Waals surface area contributed by atoms with Gasteiger partial charge in [0.05, 0.1) is 30.5 Å². The number of amides is 2. The number of pyridine rings is 1. The molecular weight excluding hydrogens is 494 g/mol. The smallest absolute Gasteiger partial charge is 0.280 e. The maximum atomic E-state index is 13.6. The van der Waals surface area contributed by atoms with E-state index in [4.69, 9.17) is 26.8 Å². The first-order valence-electron chi connectivity index (χ1n) is 11.7. The van der Waals surface area contributed by atoms with Crippen LogP contribution in [0.25, 0.3) is 17.1 Å². The largest absolute Gasteiger partial charge is 0.365 e. The average Bonchev–Trinajstić information content (AvgIpc) is 3.61. The van der Waals surface area contributed by atoms with Gasteiger partial charge in [-0.2, -0.15) is 5.10 Å². The number of aromatic nitrogens is 3. The number of hydrogen-bond acceptors (Lipinski definition) is 6. The van der Waals surface area contributed by atoms with Crippen LogP contribution < -0.4 is 11.1 Å². The highest BCUT2D eigenvalue weighted by molar-refractivity contribution is 6.30. The van der Waals surface area contributed by atoms with E-state index in [1.54, 1.807) is 48.8 Å². The van der Waals surface area contributed by atoms with E-state index < -0.39 is 23.6 Å². The maximum Gasteiger partial charge on any atom is 0.280 e. The molecule has 5 rings (SSSR count). The summed E-state index contributed by atoms with van der Waals surface area (Å²) in [4.78, 5) is 30.5. The zero-order valence-corrected chi connectivity index (χ0v) is 20.5. The molecule has 37 heavy (non-hydrogen) atoms. The molecule has 1 fully saturated rings. The van der Waals surface area contributed by atoms with Gasteiger partial charge in [-0.05, 0) is 42.3 Å². The summed E-state index contributed by atoms with van der Waals surface area (Å²) in [5.74, 6) is -2.80. The van der Waals surface area contributed by atoms with Gasteiger partial charge in [-0.15, -0.1) is 0 Å². The van der Waals surface area contributed by atoms with Crippen LogP contribution in [0.2, 0.25) is 5.02 Å². The van der Waals surface area contributed by atoms with Crippen LogP contribution >= 0.6 is 11.6 Å². The number of nitrogens with two attached hydrogens (primary N) is 1. The fourth-order valence-corrected chi connectivity index (χ4v) is 4.40. The molecule has 2 aromatic carbocycles. The monoisotopic (exact) mass is 517 g/mol. The van der Waals surface area contributed by atoms with Crippen LogP contribution in [0.4, 0.5) is 0 Å². The van der Waals surface area contributed by atoms with E-state index in [1.807, 2.05) is 36.4 Å². The van der Waals surface area contributed by atoms with Gasteiger partial charge in [0.15, 0.2) is 5.82 Å². The summed E-state index contributed by atoms with van der Waals surface area (Å²) in [6, 6.07) is 20.9. The molecule has 3 heterocycles. The van der Waals surface area contributed by atoms with Gasteiger partial charge in [0.1, 0.15) is 0 Å². The highest BCUT2D eigenvalue weighted by Crippen LogP contribution is 2.27. The van der Waals surface area contributed by atoms with Crippen molar-refractivity contribution < 1.29 is 19.1 Å². The molecule has 0 radical (unpaired) electrons. The average molecular weight is 518 g/mol. The Morgan fingerprint density at radius 3 is 2.46 bits per heavy atom. The lowest BCUT2D eigenvalue weighted by molar-refractivity contribution is -0.189. The number of carbonyl (C=O) groups is 2. The number of halogens is 1.